The molecule has 0 fully saturated rings. The number of hydrogen-bond donors (Lipinski definition) is 1. The van der Waals surface area contributed by atoms with Gasteiger partial charge in [0.1, 0.15) is 18.3 Å². The predicted octanol–water partition coefficient (Wildman–Crippen LogP) is 5.18. The molecule has 0 bridgehead atoms. The van der Waals surface area contributed by atoms with Gasteiger partial charge in [0, 0.05) is 17.6 Å². The van der Waals surface area contributed by atoms with E-state index in [1.54, 1.807) is 36.4 Å². The fourth-order valence-corrected chi connectivity index (χ4v) is 5.86. The number of nitrogens with zero attached hydrogens (tertiary/aromatic N) is 2. The first kappa shape index (κ1) is 31.0. The molecule has 3 aromatic rings. The summed E-state index contributed by atoms with van der Waals surface area (Å²) < 4.78 is 34.0. The molecule has 0 saturated heterocycles. The van der Waals surface area contributed by atoms with E-state index in [2.05, 4.69) is 5.32 Å². The zero-order chi connectivity index (χ0) is 29.4. The van der Waals surface area contributed by atoms with Crippen molar-refractivity contribution in [1.82, 2.24) is 10.2 Å². The number of anilines is 1. The van der Waals surface area contributed by atoms with Crippen molar-refractivity contribution in [2.24, 2.45) is 0 Å². The maximum atomic E-state index is 14.0. The number of methoxy groups -OCH3 is 1. The van der Waals surface area contributed by atoms with Crippen LogP contribution in [0.1, 0.15) is 38.3 Å². The molecule has 3 aromatic carbocycles. The van der Waals surface area contributed by atoms with Gasteiger partial charge >= 0.3 is 0 Å². The van der Waals surface area contributed by atoms with Gasteiger partial charge in [-0.2, -0.15) is 0 Å². The maximum Gasteiger partial charge on any atom is 0.264 e. The molecule has 2 amide bonds. The summed E-state index contributed by atoms with van der Waals surface area (Å²) in [6.07, 6.45) is 0.349. The molecule has 3 rings (SSSR count). The monoisotopic (exact) mass is 585 g/mol. The van der Waals surface area contributed by atoms with E-state index >= 15 is 0 Å². The number of rotatable bonds is 12. The zero-order valence-electron chi connectivity index (χ0n) is 23.4. The molecule has 0 aromatic heterocycles. The summed E-state index contributed by atoms with van der Waals surface area (Å²) >= 11 is 6.08. The Hall–Kier alpha value is -3.56. The van der Waals surface area contributed by atoms with E-state index in [1.807, 2.05) is 52.0 Å². The van der Waals surface area contributed by atoms with Crippen LogP contribution in [0.2, 0.25) is 5.02 Å². The van der Waals surface area contributed by atoms with Crippen molar-refractivity contribution in [2.45, 2.75) is 57.6 Å². The lowest BCUT2D eigenvalue weighted by Gasteiger charge is -2.33. The van der Waals surface area contributed by atoms with Crippen LogP contribution >= 0.6 is 11.6 Å². The van der Waals surface area contributed by atoms with Crippen LogP contribution in [0.5, 0.6) is 5.75 Å². The van der Waals surface area contributed by atoms with Gasteiger partial charge in [-0.3, -0.25) is 13.9 Å². The van der Waals surface area contributed by atoms with Crippen LogP contribution in [0, 0.1) is 6.92 Å². The number of aryl methyl sites for hydroxylation is 1. The van der Waals surface area contributed by atoms with Crippen molar-refractivity contribution in [2.75, 3.05) is 18.0 Å². The zero-order valence-corrected chi connectivity index (χ0v) is 25.0. The molecular weight excluding hydrogens is 550 g/mol. The molecule has 1 N–H and O–H groups in total. The molecule has 0 heterocycles. The molecule has 0 aliphatic carbocycles. The molecule has 0 aliphatic heterocycles. The Morgan fingerprint density at radius 3 is 2.20 bits per heavy atom. The molecule has 1 unspecified atom stereocenters. The highest BCUT2D eigenvalue weighted by Crippen LogP contribution is 2.27. The van der Waals surface area contributed by atoms with Gasteiger partial charge in [-0.1, -0.05) is 48.4 Å². The lowest BCUT2D eigenvalue weighted by atomic mass is 10.1. The lowest BCUT2D eigenvalue weighted by molar-refractivity contribution is -0.140. The Labute approximate surface area is 241 Å². The number of nitrogens with one attached hydrogen (secondary N) is 1. The second kappa shape index (κ2) is 13.7. The van der Waals surface area contributed by atoms with E-state index in [0.29, 0.717) is 17.2 Å². The summed E-state index contributed by atoms with van der Waals surface area (Å²) in [5.41, 5.74) is 2.11. The van der Waals surface area contributed by atoms with Gasteiger partial charge in [-0.25, -0.2) is 8.42 Å². The number of halogens is 1. The van der Waals surface area contributed by atoms with E-state index in [9.17, 15) is 18.0 Å². The minimum Gasteiger partial charge on any atom is -0.497 e. The quantitative estimate of drug-likeness (QED) is 0.316. The van der Waals surface area contributed by atoms with Gasteiger partial charge in [-0.05, 0) is 81.3 Å². The Morgan fingerprint density at radius 2 is 1.65 bits per heavy atom. The molecule has 8 nitrogen and oxygen atoms in total. The van der Waals surface area contributed by atoms with Crippen LogP contribution in [0.25, 0.3) is 0 Å². The molecule has 0 aliphatic rings. The average Bonchev–Trinajstić information content (AvgIpc) is 2.91. The molecule has 0 radical (unpaired) electrons. The summed E-state index contributed by atoms with van der Waals surface area (Å²) in [5.74, 6) is -0.312. The predicted molar refractivity (Wildman–Crippen MR) is 158 cm³/mol. The number of carbonyl (C=O) groups is 2. The Bertz CT molecular complexity index is 1410. The summed E-state index contributed by atoms with van der Waals surface area (Å²) in [4.78, 5) is 28.7. The minimum absolute atomic E-state index is 0.00845. The minimum atomic E-state index is -4.19. The van der Waals surface area contributed by atoms with Gasteiger partial charge in [0.2, 0.25) is 11.8 Å². The summed E-state index contributed by atoms with van der Waals surface area (Å²) in [6, 6.07) is 18.9. The summed E-state index contributed by atoms with van der Waals surface area (Å²) in [6.45, 7) is 7.09. The number of hydrogen-bond acceptors (Lipinski definition) is 5. The number of amides is 2. The standard InChI is InChI=1S/C30H36ClN3O5S/c1-6-28(30(36)32-21(2)3)33(19-23-9-7-8-22(4)18-23)29(35)20-34(25-12-10-24(31)11-13-25)40(37,38)27-16-14-26(39-5)15-17-27/h7-18,21,28H,6,19-20H2,1-5H3,(H,32,36). The highest BCUT2D eigenvalue weighted by molar-refractivity contribution is 7.92. The van der Waals surface area contributed by atoms with Crippen molar-refractivity contribution in [3.05, 3.63) is 88.9 Å². The van der Waals surface area contributed by atoms with Crippen LogP contribution in [0.4, 0.5) is 5.69 Å². The largest absolute Gasteiger partial charge is 0.497 e. The molecule has 10 heteroatoms. The van der Waals surface area contributed by atoms with Gasteiger partial charge in [0.05, 0.1) is 17.7 Å². The Balaban J connectivity index is 2.06. The van der Waals surface area contributed by atoms with Gasteiger partial charge in [-0.15, -0.1) is 0 Å². The SMILES string of the molecule is CCC(C(=O)NC(C)C)N(Cc1cccc(C)c1)C(=O)CN(c1ccc(Cl)cc1)S(=O)(=O)c1ccc(OC)cc1. The highest BCUT2D eigenvalue weighted by atomic mass is 35.5. The fraction of sp³-hybridized carbons (Fsp3) is 0.333. The first-order chi connectivity index (χ1) is 19.0. The molecule has 0 spiro atoms. The topological polar surface area (TPSA) is 96.0 Å². The van der Waals surface area contributed by atoms with Crippen LogP contribution in [0.3, 0.4) is 0 Å². The van der Waals surface area contributed by atoms with Gasteiger partial charge in [0.15, 0.2) is 0 Å². The molecule has 214 valence electrons. The van der Waals surface area contributed by atoms with E-state index in [4.69, 9.17) is 16.3 Å². The lowest BCUT2D eigenvalue weighted by Crippen LogP contribution is -2.53. The normalized spacial score (nSPS) is 12.1. The average molecular weight is 586 g/mol. The van der Waals surface area contributed by atoms with E-state index in [1.165, 1.54) is 24.1 Å². The summed E-state index contributed by atoms with van der Waals surface area (Å²) in [7, 11) is -2.69. The first-order valence-electron chi connectivity index (χ1n) is 13.0. The fourth-order valence-electron chi connectivity index (χ4n) is 4.32. The number of carbonyl (C=O) groups excluding carboxylic acids is 2. The molecular formula is C30H36ClN3O5S. The number of sulfonamides is 1. The second-order valence-electron chi connectivity index (χ2n) is 9.76. The number of ether oxygens (including phenoxy) is 1. The third-order valence-corrected chi connectivity index (χ3v) is 8.33. The third-order valence-electron chi connectivity index (χ3n) is 6.29. The van der Waals surface area contributed by atoms with Crippen molar-refractivity contribution >= 4 is 39.1 Å². The third kappa shape index (κ3) is 7.76. The smallest absolute Gasteiger partial charge is 0.264 e. The van der Waals surface area contributed by atoms with Gasteiger partial charge < -0.3 is 15.0 Å². The van der Waals surface area contributed by atoms with Crippen molar-refractivity contribution in [1.29, 1.82) is 0 Å². The summed E-state index contributed by atoms with van der Waals surface area (Å²) in [5, 5.41) is 3.32. The van der Waals surface area contributed by atoms with E-state index in [-0.39, 0.29) is 29.1 Å². The van der Waals surface area contributed by atoms with Crippen LogP contribution < -0.4 is 14.4 Å². The van der Waals surface area contributed by atoms with Crippen LogP contribution in [-0.4, -0.2) is 50.9 Å². The Kier molecular flexibility index (Phi) is 10.6. The maximum absolute atomic E-state index is 14.0. The van der Waals surface area contributed by atoms with Crippen LogP contribution in [0.15, 0.2) is 77.7 Å². The molecule has 1 atom stereocenters. The van der Waals surface area contributed by atoms with E-state index < -0.39 is 28.5 Å². The first-order valence-corrected chi connectivity index (χ1v) is 14.9. The van der Waals surface area contributed by atoms with Gasteiger partial charge in [0.25, 0.3) is 10.0 Å². The molecule has 0 saturated carbocycles. The van der Waals surface area contributed by atoms with Crippen molar-refractivity contribution in [3.63, 3.8) is 0 Å². The second-order valence-corrected chi connectivity index (χ2v) is 12.1. The highest BCUT2D eigenvalue weighted by Gasteiger charge is 2.34. The molecule has 40 heavy (non-hydrogen) atoms. The van der Waals surface area contributed by atoms with Crippen LogP contribution in [-0.2, 0) is 26.2 Å². The van der Waals surface area contributed by atoms with Crippen molar-refractivity contribution < 1.29 is 22.7 Å². The van der Waals surface area contributed by atoms with Crippen molar-refractivity contribution in [3.8, 4) is 5.75 Å². The van der Waals surface area contributed by atoms with E-state index in [0.717, 1.165) is 15.4 Å². The Morgan fingerprint density at radius 1 is 1.00 bits per heavy atom. The number of benzene rings is 3.